The molecular formula is C21H23F3N4. The van der Waals surface area contributed by atoms with Crippen LogP contribution in [0.4, 0.5) is 18.9 Å². The predicted octanol–water partition coefficient (Wildman–Crippen LogP) is 4.64. The fraction of sp³-hybridized carbons (Fsp3) is 0.381. The minimum Gasteiger partial charge on any atom is -0.378 e. The summed E-state index contributed by atoms with van der Waals surface area (Å²) in [5.74, 6) is 0.988. The van der Waals surface area contributed by atoms with Crippen molar-refractivity contribution in [2.45, 2.75) is 25.1 Å². The van der Waals surface area contributed by atoms with Crippen molar-refractivity contribution in [3.05, 3.63) is 59.4 Å². The van der Waals surface area contributed by atoms with Crippen molar-refractivity contribution in [1.82, 2.24) is 14.9 Å². The fourth-order valence-electron chi connectivity index (χ4n) is 3.76. The SMILES string of the molecule is CN(C)c1ccc(CN2CC[C@H](c3nc4ccc(C(F)(F)F)cc4[nH]3)C2)cc1. The summed E-state index contributed by atoms with van der Waals surface area (Å²) < 4.78 is 38.7. The Labute approximate surface area is 162 Å². The Morgan fingerprint density at radius 1 is 1.14 bits per heavy atom. The molecule has 1 aliphatic heterocycles. The quantitative estimate of drug-likeness (QED) is 0.707. The average molecular weight is 388 g/mol. The number of hydrogen-bond donors (Lipinski definition) is 1. The first-order valence-electron chi connectivity index (χ1n) is 9.35. The van der Waals surface area contributed by atoms with E-state index in [-0.39, 0.29) is 5.92 Å². The third-order valence-electron chi connectivity index (χ3n) is 5.35. The Morgan fingerprint density at radius 2 is 1.89 bits per heavy atom. The van der Waals surface area contributed by atoms with Gasteiger partial charge in [-0.1, -0.05) is 12.1 Å². The number of benzene rings is 2. The Kier molecular flexibility index (Phi) is 4.79. The van der Waals surface area contributed by atoms with E-state index in [9.17, 15) is 13.2 Å². The molecule has 0 spiro atoms. The highest BCUT2D eigenvalue weighted by Gasteiger charge is 2.31. The molecule has 0 saturated carbocycles. The molecule has 1 saturated heterocycles. The molecule has 1 aliphatic rings. The molecular weight excluding hydrogens is 365 g/mol. The topological polar surface area (TPSA) is 35.2 Å². The molecule has 2 heterocycles. The summed E-state index contributed by atoms with van der Waals surface area (Å²) in [7, 11) is 4.04. The van der Waals surface area contributed by atoms with Crippen LogP contribution in [0, 0.1) is 0 Å². The number of aromatic nitrogens is 2. The van der Waals surface area contributed by atoms with E-state index < -0.39 is 11.7 Å². The van der Waals surface area contributed by atoms with Crippen LogP contribution in [0.2, 0.25) is 0 Å². The Hall–Kier alpha value is -2.54. The van der Waals surface area contributed by atoms with Crippen molar-refractivity contribution >= 4 is 16.7 Å². The Balaban J connectivity index is 1.45. The number of fused-ring (bicyclic) bond motifs is 1. The number of anilines is 1. The van der Waals surface area contributed by atoms with Crippen LogP contribution in [0.25, 0.3) is 11.0 Å². The zero-order chi connectivity index (χ0) is 19.9. The molecule has 0 radical (unpaired) electrons. The van der Waals surface area contributed by atoms with Gasteiger partial charge in [0.05, 0.1) is 16.6 Å². The van der Waals surface area contributed by atoms with Crippen molar-refractivity contribution in [3.8, 4) is 0 Å². The molecule has 0 aliphatic carbocycles. The summed E-state index contributed by atoms with van der Waals surface area (Å²) in [6.45, 7) is 2.66. The minimum absolute atomic E-state index is 0.211. The number of alkyl halides is 3. The van der Waals surface area contributed by atoms with Gasteiger partial charge in [0.15, 0.2) is 0 Å². The smallest absolute Gasteiger partial charge is 0.378 e. The zero-order valence-corrected chi connectivity index (χ0v) is 15.9. The molecule has 0 amide bonds. The maximum Gasteiger partial charge on any atom is 0.416 e. The second-order valence-corrected chi connectivity index (χ2v) is 7.63. The van der Waals surface area contributed by atoms with Gasteiger partial charge in [-0.2, -0.15) is 13.2 Å². The lowest BCUT2D eigenvalue weighted by Gasteiger charge is -2.17. The molecule has 1 aromatic heterocycles. The lowest BCUT2D eigenvalue weighted by molar-refractivity contribution is -0.137. The third-order valence-corrected chi connectivity index (χ3v) is 5.35. The van der Waals surface area contributed by atoms with Crippen molar-refractivity contribution in [1.29, 1.82) is 0 Å². The molecule has 4 rings (SSSR count). The van der Waals surface area contributed by atoms with Gasteiger partial charge < -0.3 is 9.88 Å². The molecule has 1 fully saturated rings. The zero-order valence-electron chi connectivity index (χ0n) is 15.9. The molecule has 3 aromatic rings. The first-order valence-corrected chi connectivity index (χ1v) is 9.35. The second kappa shape index (κ2) is 7.13. The molecule has 1 N–H and O–H groups in total. The summed E-state index contributed by atoms with van der Waals surface area (Å²) in [6.07, 6.45) is -3.40. The Bertz CT molecular complexity index is 960. The van der Waals surface area contributed by atoms with E-state index in [0.717, 1.165) is 44.0 Å². The number of aromatic amines is 1. The van der Waals surface area contributed by atoms with Gasteiger partial charge in [-0.3, -0.25) is 4.90 Å². The minimum atomic E-state index is -4.34. The van der Waals surface area contributed by atoms with E-state index in [1.54, 1.807) is 0 Å². The van der Waals surface area contributed by atoms with Gasteiger partial charge in [0, 0.05) is 38.8 Å². The van der Waals surface area contributed by atoms with Gasteiger partial charge in [0.2, 0.25) is 0 Å². The summed E-state index contributed by atoms with van der Waals surface area (Å²) in [4.78, 5) is 12.1. The normalized spacial score (nSPS) is 18.1. The third kappa shape index (κ3) is 3.85. The first-order chi connectivity index (χ1) is 13.3. The van der Waals surface area contributed by atoms with Gasteiger partial charge in [-0.15, -0.1) is 0 Å². The van der Waals surface area contributed by atoms with Crippen LogP contribution in [0.1, 0.15) is 29.3 Å². The van der Waals surface area contributed by atoms with Crippen molar-refractivity contribution in [2.24, 2.45) is 0 Å². The van der Waals surface area contributed by atoms with E-state index in [0.29, 0.717) is 11.0 Å². The van der Waals surface area contributed by atoms with Crippen molar-refractivity contribution in [3.63, 3.8) is 0 Å². The number of nitrogens with one attached hydrogen (secondary N) is 1. The molecule has 4 nitrogen and oxygen atoms in total. The summed E-state index contributed by atoms with van der Waals surface area (Å²) in [6, 6.07) is 12.2. The van der Waals surface area contributed by atoms with Crippen LogP contribution in [0.3, 0.4) is 0 Å². The van der Waals surface area contributed by atoms with Crippen LogP contribution in [-0.4, -0.2) is 42.1 Å². The van der Waals surface area contributed by atoms with Crippen molar-refractivity contribution < 1.29 is 13.2 Å². The van der Waals surface area contributed by atoms with Crippen LogP contribution in [0.5, 0.6) is 0 Å². The van der Waals surface area contributed by atoms with E-state index in [4.69, 9.17) is 0 Å². The highest BCUT2D eigenvalue weighted by Crippen LogP contribution is 2.32. The number of halogens is 3. The summed E-state index contributed by atoms with van der Waals surface area (Å²) in [5, 5.41) is 0. The fourth-order valence-corrected chi connectivity index (χ4v) is 3.76. The highest BCUT2D eigenvalue weighted by molar-refractivity contribution is 5.76. The van der Waals surface area contributed by atoms with Gasteiger partial charge in [-0.05, 0) is 48.9 Å². The monoisotopic (exact) mass is 388 g/mol. The maximum absolute atomic E-state index is 12.9. The lowest BCUT2D eigenvalue weighted by Crippen LogP contribution is -2.20. The molecule has 7 heteroatoms. The number of rotatable bonds is 4. The molecule has 2 aromatic carbocycles. The number of H-pyrrole nitrogens is 1. The average Bonchev–Trinajstić information content (AvgIpc) is 3.27. The number of nitrogens with zero attached hydrogens (tertiary/aromatic N) is 3. The molecule has 148 valence electrons. The standard InChI is InChI=1S/C21H23F3N4/c1-27(2)17-6-3-14(4-7-17)12-28-10-9-15(13-28)20-25-18-8-5-16(21(22,23)24)11-19(18)26-20/h3-8,11,15H,9-10,12-13H2,1-2H3,(H,25,26)/t15-/m0/s1. The van der Waals surface area contributed by atoms with Gasteiger partial charge in [-0.25, -0.2) is 4.98 Å². The predicted molar refractivity (Wildman–Crippen MR) is 104 cm³/mol. The molecule has 0 unspecified atom stereocenters. The van der Waals surface area contributed by atoms with Crippen LogP contribution in [0.15, 0.2) is 42.5 Å². The summed E-state index contributed by atoms with van der Waals surface area (Å²) >= 11 is 0. The second-order valence-electron chi connectivity index (χ2n) is 7.63. The maximum atomic E-state index is 12.9. The summed E-state index contributed by atoms with van der Waals surface area (Å²) in [5.41, 5.74) is 2.81. The number of likely N-dealkylation sites (tertiary alicyclic amines) is 1. The largest absolute Gasteiger partial charge is 0.416 e. The lowest BCUT2D eigenvalue weighted by atomic mass is 10.1. The molecule has 1 atom stereocenters. The Morgan fingerprint density at radius 3 is 2.57 bits per heavy atom. The van der Waals surface area contributed by atoms with Crippen molar-refractivity contribution in [2.75, 3.05) is 32.1 Å². The van der Waals surface area contributed by atoms with Crippen LogP contribution in [-0.2, 0) is 12.7 Å². The van der Waals surface area contributed by atoms with E-state index in [2.05, 4.69) is 44.0 Å². The molecule has 0 bridgehead atoms. The number of imidazole rings is 1. The first kappa shape index (κ1) is 18.8. The highest BCUT2D eigenvalue weighted by atomic mass is 19.4. The molecule has 28 heavy (non-hydrogen) atoms. The van der Waals surface area contributed by atoms with Crippen LogP contribution < -0.4 is 4.90 Å². The van der Waals surface area contributed by atoms with Gasteiger partial charge in [0.1, 0.15) is 5.82 Å². The number of hydrogen-bond acceptors (Lipinski definition) is 3. The van der Waals surface area contributed by atoms with Crippen LogP contribution >= 0.6 is 0 Å². The van der Waals surface area contributed by atoms with E-state index >= 15 is 0 Å². The van der Waals surface area contributed by atoms with Gasteiger partial charge in [0.25, 0.3) is 0 Å². The van der Waals surface area contributed by atoms with E-state index in [1.165, 1.54) is 17.3 Å². The van der Waals surface area contributed by atoms with Gasteiger partial charge >= 0.3 is 6.18 Å². The van der Waals surface area contributed by atoms with E-state index in [1.807, 2.05) is 14.1 Å².